The average molecular weight is 383 g/mol. The number of carbonyl (C=O) groups excluding carboxylic acids is 2. The van der Waals surface area contributed by atoms with Crippen LogP contribution in [0.2, 0.25) is 0 Å². The van der Waals surface area contributed by atoms with Gasteiger partial charge in [0.2, 0.25) is 0 Å². The minimum absolute atomic E-state index is 0.000640. The number of ether oxygens (including phenoxy) is 1. The van der Waals surface area contributed by atoms with Gasteiger partial charge >= 0.3 is 12.0 Å². The Bertz CT molecular complexity index is 609. The molecule has 0 aromatic heterocycles. The van der Waals surface area contributed by atoms with Gasteiger partial charge in [0.05, 0.1) is 11.5 Å². The summed E-state index contributed by atoms with van der Waals surface area (Å²) in [6.45, 7) is 4.52. The van der Waals surface area contributed by atoms with Crippen LogP contribution in [0.25, 0.3) is 0 Å². The Morgan fingerprint density at radius 1 is 1.31 bits per heavy atom. The van der Waals surface area contributed by atoms with E-state index in [4.69, 9.17) is 4.74 Å². The van der Waals surface area contributed by atoms with Crippen LogP contribution in [0, 0.1) is 10.1 Å². The van der Waals surface area contributed by atoms with Crippen molar-refractivity contribution in [3.05, 3.63) is 39.9 Å². The molecule has 0 saturated heterocycles. The SMILES string of the molecule is CCOC(=O)[C@H](CCSC)NC(=O)N(CC)Cc1ccc([N+](=O)[O-])cc1. The lowest BCUT2D eigenvalue weighted by Gasteiger charge is -2.25. The second-order valence-electron chi connectivity index (χ2n) is 5.47. The Morgan fingerprint density at radius 2 is 1.96 bits per heavy atom. The van der Waals surface area contributed by atoms with Gasteiger partial charge in [-0.3, -0.25) is 10.1 Å². The van der Waals surface area contributed by atoms with Crippen molar-refractivity contribution in [1.29, 1.82) is 0 Å². The number of esters is 1. The number of nitrogens with one attached hydrogen (secondary N) is 1. The molecule has 8 nitrogen and oxygen atoms in total. The molecule has 144 valence electrons. The van der Waals surface area contributed by atoms with Crippen molar-refractivity contribution in [3.63, 3.8) is 0 Å². The van der Waals surface area contributed by atoms with Crippen LogP contribution in [0.4, 0.5) is 10.5 Å². The van der Waals surface area contributed by atoms with Gasteiger partial charge in [-0.25, -0.2) is 9.59 Å². The molecule has 0 aliphatic rings. The quantitative estimate of drug-likeness (QED) is 0.379. The number of urea groups is 1. The molecule has 1 rings (SSSR count). The summed E-state index contributed by atoms with van der Waals surface area (Å²) in [4.78, 5) is 36.3. The number of nitrogens with zero attached hydrogens (tertiary/aromatic N) is 2. The first-order valence-electron chi connectivity index (χ1n) is 8.37. The lowest BCUT2D eigenvalue weighted by atomic mass is 10.2. The van der Waals surface area contributed by atoms with Crippen molar-refractivity contribution in [2.24, 2.45) is 0 Å². The molecule has 0 spiro atoms. The van der Waals surface area contributed by atoms with E-state index in [2.05, 4.69) is 5.32 Å². The third-order valence-electron chi connectivity index (χ3n) is 3.67. The second-order valence-corrected chi connectivity index (χ2v) is 6.46. The van der Waals surface area contributed by atoms with Crippen LogP contribution in [-0.4, -0.2) is 53.0 Å². The van der Waals surface area contributed by atoms with E-state index in [-0.39, 0.29) is 18.3 Å². The lowest BCUT2D eigenvalue weighted by Crippen LogP contribution is -2.48. The van der Waals surface area contributed by atoms with Gasteiger partial charge in [0.1, 0.15) is 6.04 Å². The van der Waals surface area contributed by atoms with Crippen LogP contribution < -0.4 is 5.32 Å². The third kappa shape index (κ3) is 6.91. The number of carbonyl (C=O) groups is 2. The highest BCUT2D eigenvalue weighted by Crippen LogP contribution is 2.14. The first-order valence-corrected chi connectivity index (χ1v) is 9.76. The van der Waals surface area contributed by atoms with Crippen LogP contribution in [0.5, 0.6) is 0 Å². The minimum atomic E-state index is -0.694. The molecule has 1 aromatic rings. The average Bonchev–Trinajstić information content (AvgIpc) is 2.63. The van der Waals surface area contributed by atoms with E-state index < -0.39 is 16.9 Å². The van der Waals surface area contributed by atoms with Crippen molar-refractivity contribution in [3.8, 4) is 0 Å². The summed E-state index contributed by atoms with van der Waals surface area (Å²) < 4.78 is 5.02. The van der Waals surface area contributed by atoms with Crippen LogP contribution in [0.1, 0.15) is 25.8 Å². The van der Waals surface area contributed by atoms with E-state index in [1.54, 1.807) is 30.8 Å². The van der Waals surface area contributed by atoms with Gasteiger partial charge in [-0.2, -0.15) is 11.8 Å². The van der Waals surface area contributed by atoms with Crippen molar-refractivity contribution in [2.45, 2.75) is 32.9 Å². The van der Waals surface area contributed by atoms with Gasteiger partial charge in [-0.15, -0.1) is 0 Å². The first kappa shape index (κ1) is 21.8. The number of hydrogen-bond acceptors (Lipinski definition) is 6. The zero-order valence-electron chi connectivity index (χ0n) is 15.3. The molecule has 0 bridgehead atoms. The predicted molar refractivity (Wildman–Crippen MR) is 101 cm³/mol. The van der Waals surface area contributed by atoms with E-state index in [0.717, 1.165) is 11.3 Å². The third-order valence-corrected chi connectivity index (χ3v) is 4.31. The maximum Gasteiger partial charge on any atom is 0.328 e. The molecule has 1 atom stereocenters. The van der Waals surface area contributed by atoms with Crippen molar-refractivity contribution < 1.29 is 19.2 Å². The Morgan fingerprint density at radius 3 is 2.46 bits per heavy atom. The maximum atomic E-state index is 12.5. The Balaban J connectivity index is 2.75. The van der Waals surface area contributed by atoms with Gasteiger partial charge in [0.25, 0.3) is 5.69 Å². The number of hydrogen-bond donors (Lipinski definition) is 1. The van der Waals surface area contributed by atoms with Crippen molar-refractivity contribution in [1.82, 2.24) is 10.2 Å². The number of thioether (sulfide) groups is 1. The molecular weight excluding hydrogens is 358 g/mol. The molecule has 0 aliphatic carbocycles. The number of rotatable bonds is 10. The van der Waals surface area contributed by atoms with Crippen LogP contribution in [0.15, 0.2) is 24.3 Å². The zero-order chi connectivity index (χ0) is 19.5. The van der Waals surface area contributed by atoms with E-state index in [1.807, 2.05) is 13.2 Å². The number of amides is 2. The van der Waals surface area contributed by atoms with E-state index in [9.17, 15) is 19.7 Å². The van der Waals surface area contributed by atoms with Gasteiger partial charge in [-0.1, -0.05) is 12.1 Å². The van der Waals surface area contributed by atoms with Crippen LogP contribution in [-0.2, 0) is 16.1 Å². The molecular formula is C17H25N3O5S. The molecule has 2 amide bonds. The molecule has 0 radical (unpaired) electrons. The standard InChI is InChI=1S/C17H25N3O5S/c1-4-19(12-13-6-8-14(9-7-13)20(23)24)17(22)18-15(10-11-26-3)16(21)25-5-2/h6-9,15H,4-5,10-12H2,1-3H3,(H,18,22)/t15-/m0/s1. The van der Waals surface area contributed by atoms with Crippen LogP contribution >= 0.6 is 11.8 Å². The molecule has 1 aromatic carbocycles. The van der Waals surface area contributed by atoms with Gasteiger partial charge in [0.15, 0.2) is 0 Å². The molecule has 9 heteroatoms. The summed E-state index contributed by atoms with van der Waals surface area (Å²) in [5, 5.41) is 13.4. The molecule has 0 aliphatic heterocycles. The van der Waals surface area contributed by atoms with Crippen molar-refractivity contribution in [2.75, 3.05) is 25.2 Å². The Labute approximate surface area is 157 Å². The summed E-state index contributed by atoms with van der Waals surface area (Å²) in [5.41, 5.74) is 0.769. The summed E-state index contributed by atoms with van der Waals surface area (Å²) in [7, 11) is 0. The summed E-state index contributed by atoms with van der Waals surface area (Å²) >= 11 is 1.59. The van der Waals surface area contributed by atoms with E-state index in [1.165, 1.54) is 17.0 Å². The highest BCUT2D eigenvalue weighted by molar-refractivity contribution is 7.98. The fourth-order valence-electron chi connectivity index (χ4n) is 2.24. The van der Waals surface area contributed by atoms with E-state index in [0.29, 0.717) is 19.5 Å². The van der Waals surface area contributed by atoms with Gasteiger partial charge < -0.3 is 15.0 Å². The number of nitro benzene ring substituents is 1. The smallest absolute Gasteiger partial charge is 0.328 e. The maximum absolute atomic E-state index is 12.5. The van der Waals surface area contributed by atoms with Gasteiger partial charge in [-0.05, 0) is 37.8 Å². The normalized spacial score (nSPS) is 11.5. The highest BCUT2D eigenvalue weighted by atomic mass is 32.2. The Kier molecular flexibility index (Phi) is 9.50. The topological polar surface area (TPSA) is 102 Å². The summed E-state index contributed by atoms with van der Waals surface area (Å²) in [6, 6.07) is 4.97. The number of nitro groups is 1. The fourth-order valence-corrected chi connectivity index (χ4v) is 2.71. The second kappa shape index (κ2) is 11.3. The minimum Gasteiger partial charge on any atom is -0.464 e. The first-order chi connectivity index (χ1) is 12.4. The summed E-state index contributed by atoms with van der Waals surface area (Å²) in [6.07, 6.45) is 2.41. The zero-order valence-corrected chi connectivity index (χ0v) is 16.1. The van der Waals surface area contributed by atoms with Crippen molar-refractivity contribution >= 4 is 29.4 Å². The molecule has 0 unspecified atom stereocenters. The summed E-state index contributed by atoms with van der Waals surface area (Å²) in [5.74, 6) is 0.277. The fraction of sp³-hybridized carbons (Fsp3) is 0.529. The monoisotopic (exact) mass is 383 g/mol. The molecule has 0 fully saturated rings. The largest absolute Gasteiger partial charge is 0.464 e. The molecule has 1 N–H and O–H groups in total. The molecule has 0 heterocycles. The lowest BCUT2D eigenvalue weighted by molar-refractivity contribution is -0.384. The van der Waals surface area contributed by atoms with Crippen LogP contribution in [0.3, 0.4) is 0 Å². The molecule has 26 heavy (non-hydrogen) atoms. The predicted octanol–water partition coefficient (Wildman–Crippen LogP) is 2.81. The Hall–Kier alpha value is -2.29. The molecule has 0 saturated carbocycles. The highest BCUT2D eigenvalue weighted by Gasteiger charge is 2.24. The van der Waals surface area contributed by atoms with E-state index >= 15 is 0 Å². The number of non-ortho nitro benzene ring substituents is 1. The number of benzene rings is 1. The van der Waals surface area contributed by atoms with Gasteiger partial charge in [0, 0.05) is 25.2 Å².